The summed E-state index contributed by atoms with van der Waals surface area (Å²) in [7, 11) is 0. The Kier molecular flexibility index (Phi) is 10.9. The van der Waals surface area contributed by atoms with Crippen molar-refractivity contribution < 1.29 is 14.6 Å². The van der Waals surface area contributed by atoms with Gasteiger partial charge >= 0.3 is 197 Å². The number of carbonyl (C=O) groups excluding carboxylic acids is 1. The average molecular weight is 541 g/mol. The number of hydrogen-bond acceptors (Lipinski definition) is 3. The second-order valence-electron chi connectivity index (χ2n) is 10.8. The Hall–Kier alpha value is -0.0313. The van der Waals surface area contributed by atoms with Gasteiger partial charge in [-0.25, -0.2) is 0 Å². The summed E-state index contributed by atoms with van der Waals surface area (Å²) in [5.41, 5.74) is 0.646. The third-order valence-corrected chi connectivity index (χ3v) is 22.9. The molecule has 3 nitrogen and oxygen atoms in total. The first-order valence-corrected chi connectivity index (χ1v) is 21.1. The second-order valence-corrected chi connectivity index (χ2v) is 23.7. The average Bonchev–Trinajstić information content (AvgIpc) is 2.95. The molecule has 4 heteroatoms. The van der Waals surface area contributed by atoms with Crippen LogP contribution in [-0.4, -0.2) is 41.7 Å². The van der Waals surface area contributed by atoms with E-state index in [-0.39, 0.29) is 17.3 Å². The summed E-state index contributed by atoms with van der Waals surface area (Å²) in [4.78, 5) is 12.6. The van der Waals surface area contributed by atoms with E-state index in [1.165, 1.54) is 63.8 Å². The molecule has 2 aliphatic rings. The number of carbonyl (C=O) groups is 1. The fourth-order valence-electron chi connectivity index (χ4n) is 6.55. The molecule has 0 aromatic carbocycles. The van der Waals surface area contributed by atoms with Crippen LogP contribution in [0.3, 0.4) is 0 Å². The first-order valence-electron chi connectivity index (χ1n) is 13.4. The van der Waals surface area contributed by atoms with Gasteiger partial charge in [-0.05, 0) is 0 Å². The van der Waals surface area contributed by atoms with Gasteiger partial charge in [0.2, 0.25) is 0 Å². The van der Waals surface area contributed by atoms with E-state index in [9.17, 15) is 9.90 Å². The standard InChI is InChI=1S/C15H23O3.3C4H9.Sn/c1-4-18-13(16)9-12-11(2)10-15(17)8-6-5-7-14(12,15)3;3*1-3-4-2;/h2,12,17H,4-10H2,1,3H3;3*1,3-4H2,2H3;/t12-,14+,15-;;;;/m0..../s1. The van der Waals surface area contributed by atoms with Crippen LogP contribution in [0.25, 0.3) is 0 Å². The first kappa shape index (κ1) is 27.2. The maximum absolute atomic E-state index is 12.6. The molecule has 0 spiro atoms. The van der Waals surface area contributed by atoms with Crippen LogP contribution in [0.15, 0.2) is 9.67 Å². The zero-order valence-electron chi connectivity index (χ0n) is 21.2. The van der Waals surface area contributed by atoms with Gasteiger partial charge < -0.3 is 0 Å². The van der Waals surface area contributed by atoms with E-state index >= 15 is 0 Å². The molecule has 3 atom stereocenters. The van der Waals surface area contributed by atoms with Crippen LogP contribution in [-0.2, 0) is 9.53 Å². The maximum atomic E-state index is 12.6. The van der Waals surface area contributed by atoms with Gasteiger partial charge in [0.15, 0.2) is 0 Å². The van der Waals surface area contributed by atoms with Gasteiger partial charge in [-0.3, -0.25) is 0 Å². The Morgan fingerprint density at radius 1 is 1.03 bits per heavy atom. The number of ether oxygens (including phenoxy) is 1. The van der Waals surface area contributed by atoms with E-state index in [1.807, 2.05) is 6.92 Å². The quantitative estimate of drug-likeness (QED) is 0.193. The van der Waals surface area contributed by atoms with Crippen LogP contribution < -0.4 is 0 Å². The second kappa shape index (κ2) is 12.4. The number of esters is 1. The summed E-state index contributed by atoms with van der Waals surface area (Å²) in [6, 6.07) is 0. The number of hydrogen-bond donors (Lipinski definition) is 1. The zero-order valence-corrected chi connectivity index (χ0v) is 24.1. The van der Waals surface area contributed by atoms with Crippen LogP contribution in [0.2, 0.25) is 13.3 Å². The van der Waals surface area contributed by atoms with Gasteiger partial charge in [-0.2, -0.15) is 0 Å². The van der Waals surface area contributed by atoms with Crippen LogP contribution in [0, 0.1) is 11.3 Å². The molecule has 0 aliphatic heterocycles. The van der Waals surface area contributed by atoms with Gasteiger partial charge in [-0.1, -0.05) is 0 Å². The van der Waals surface area contributed by atoms with Gasteiger partial charge in [0.25, 0.3) is 0 Å². The van der Waals surface area contributed by atoms with Crippen molar-refractivity contribution in [3.63, 3.8) is 0 Å². The Bertz CT molecular complexity index is 580. The molecule has 180 valence electrons. The predicted molar refractivity (Wildman–Crippen MR) is 134 cm³/mol. The van der Waals surface area contributed by atoms with Gasteiger partial charge in [-0.15, -0.1) is 0 Å². The Labute approximate surface area is 196 Å². The molecule has 0 bridgehead atoms. The summed E-state index contributed by atoms with van der Waals surface area (Å²) in [5, 5.41) is 11.8. The molecule has 31 heavy (non-hydrogen) atoms. The molecule has 2 saturated carbocycles. The van der Waals surface area contributed by atoms with Gasteiger partial charge in [0.1, 0.15) is 0 Å². The van der Waals surface area contributed by atoms with E-state index in [1.54, 1.807) is 0 Å². The predicted octanol–water partition coefficient (Wildman–Crippen LogP) is 7.59. The van der Waals surface area contributed by atoms with Crippen molar-refractivity contribution in [2.45, 2.75) is 131 Å². The van der Waals surface area contributed by atoms with Crippen LogP contribution in [0.5, 0.6) is 0 Å². The van der Waals surface area contributed by atoms with E-state index in [0.29, 0.717) is 13.0 Å². The normalized spacial score (nSPS) is 29.9. The summed E-state index contributed by atoms with van der Waals surface area (Å²) in [5.74, 6) is 0.0868. The molecule has 0 aromatic rings. The van der Waals surface area contributed by atoms with E-state index in [4.69, 9.17) is 4.74 Å². The Morgan fingerprint density at radius 2 is 1.58 bits per heavy atom. The number of aliphatic hydroxyl groups is 1. The molecule has 1 N–H and O–H groups in total. The SMILES string of the molecule is CCC[CH2][Sn](/[CH]=C1\C[C@@]2(O)CCCC[C@]2(C)[C@H]1CC(=O)OCC)([CH2]CCC)[CH2]CCC. The fourth-order valence-corrected chi connectivity index (χ4v) is 22.1. The van der Waals surface area contributed by atoms with Crippen molar-refractivity contribution in [2.75, 3.05) is 6.61 Å². The molecule has 0 radical (unpaired) electrons. The molecule has 2 rings (SSSR count). The van der Waals surface area contributed by atoms with Crippen molar-refractivity contribution in [1.29, 1.82) is 0 Å². The Balaban J connectivity index is 2.48. The number of fused-ring (bicyclic) bond motifs is 1. The van der Waals surface area contributed by atoms with Crippen LogP contribution in [0.4, 0.5) is 0 Å². The monoisotopic (exact) mass is 542 g/mol. The van der Waals surface area contributed by atoms with E-state index in [0.717, 1.165) is 25.7 Å². The molecule has 0 saturated heterocycles. The fraction of sp³-hybridized carbons (Fsp3) is 0.889. The number of unbranched alkanes of at least 4 members (excludes halogenated alkanes) is 3. The minimum absolute atomic E-state index is 0.0778. The van der Waals surface area contributed by atoms with E-state index < -0.39 is 24.0 Å². The molecular weight excluding hydrogens is 491 g/mol. The van der Waals surface area contributed by atoms with Crippen molar-refractivity contribution in [3.05, 3.63) is 9.67 Å². The van der Waals surface area contributed by atoms with Crippen molar-refractivity contribution >= 4 is 24.3 Å². The first-order chi connectivity index (χ1) is 14.8. The molecule has 0 unspecified atom stereocenters. The number of rotatable bonds is 13. The van der Waals surface area contributed by atoms with E-state index in [2.05, 4.69) is 31.8 Å². The van der Waals surface area contributed by atoms with Crippen molar-refractivity contribution in [3.8, 4) is 0 Å². The summed E-state index contributed by atoms with van der Waals surface area (Å²) in [6.45, 7) is 11.6. The zero-order chi connectivity index (χ0) is 23.0. The Morgan fingerprint density at radius 3 is 2.10 bits per heavy atom. The molecule has 2 aliphatic carbocycles. The van der Waals surface area contributed by atoms with Gasteiger partial charge in [0, 0.05) is 0 Å². The van der Waals surface area contributed by atoms with Crippen molar-refractivity contribution in [1.82, 2.24) is 0 Å². The molecule has 0 heterocycles. The third-order valence-electron chi connectivity index (χ3n) is 8.57. The summed E-state index contributed by atoms with van der Waals surface area (Å²) >= 11 is -2.51. The topological polar surface area (TPSA) is 46.5 Å². The molecular formula is C27H50O3Sn. The van der Waals surface area contributed by atoms with Crippen LogP contribution in [0.1, 0.15) is 112 Å². The third kappa shape index (κ3) is 6.52. The molecule has 2 fully saturated rings. The minimum atomic E-state index is -2.51. The molecule has 0 amide bonds. The molecule has 0 aromatic heterocycles. The van der Waals surface area contributed by atoms with Gasteiger partial charge in [0.05, 0.1) is 0 Å². The van der Waals surface area contributed by atoms with Crippen LogP contribution >= 0.6 is 0 Å². The van der Waals surface area contributed by atoms with Crippen molar-refractivity contribution in [2.24, 2.45) is 11.3 Å². The summed E-state index contributed by atoms with van der Waals surface area (Å²) in [6.07, 6.45) is 13.3. The summed E-state index contributed by atoms with van der Waals surface area (Å²) < 4.78 is 12.5.